The van der Waals surface area contributed by atoms with Crippen molar-refractivity contribution >= 4 is 0 Å². The van der Waals surface area contributed by atoms with Gasteiger partial charge in [0.05, 0.1) is 0 Å². The van der Waals surface area contributed by atoms with Crippen molar-refractivity contribution in [1.82, 2.24) is 5.32 Å². The van der Waals surface area contributed by atoms with Gasteiger partial charge in [-0.05, 0) is 56.9 Å². The third kappa shape index (κ3) is 1.01. The summed E-state index contributed by atoms with van der Waals surface area (Å²) in [5.41, 5.74) is 0.332. The molecule has 0 aromatic carbocycles. The van der Waals surface area contributed by atoms with Crippen LogP contribution in [-0.4, -0.2) is 18.8 Å². The highest BCUT2D eigenvalue weighted by Gasteiger charge is 2.55. The smallest absolute Gasteiger partial charge is 0.106 e. The molecule has 0 heterocycles. The van der Waals surface area contributed by atoms with Crippen molar-refractivity contribution in [1.29, 1.82) is 0 Å². The second-order valence-corrected chi connectivity index (χ2v) is 5.44. The molecule has 4 saturated carbocycles. The van der Waals surface area contributed by atoms with Crippen LogP contribution in [-0.2, 0) is 0 Å². The monoisotopic (exact) mass is 183 g/mol. The van der Waals surface area contributed by atoms with E-state index in [-0.39, 0.29) is 0 Å². The highest BCUT2D eigenvalue weighted by molar-refractivity contribution is 5.09. The summed E-state index contributed by atoms with van der Waals surface area (Å²) in [5, 5.41) is 3.46. The number of nitrogens with one attached hydrogen (secondary N) is 1. The number of halogens is 1. The zero-order valence-electron chi connectivity index (χ0n) is 8.22. The SMILES string of the molecule is CNC12CC3C[C@H](C1)C(F)[C@@H](C3)C2. The minimum atomic E-state index is -0.474. The van der Waals surface area contributed by atoms with E-state index in [9.17, 15) is 4.39 Å². The van der Waals surface area contributed by atoms with Crippen LogP contribution in [0.3, 0.4) is 0 Å². The summed E-state index contributed by atoms with van der Waals surface area (Å²) >= 11 is 0. The summed E-state index contributed by atoms with van der Waals surface area (Å²) in [6, 6.07) is 0. The zero-order valence-corrected chi connectivity index (χ0v) is 8.22. The number of alkyl halides is 1. The molecule has 0 aromatic heterocycles. The van der Waals surface area contributed by atoms with Gasteiger partial charge in [-0.15, -0.1) is 0 Å². The van der Waals surface area contributed by atoms with Gasteiger partial charge < -0.3 is 5.32 Å². The third-order valence-electron chi connectivity index (χ3n) is 4.69. The first kappa shape index (κ1) is 8.22. The Balaban J connectivity index is 1.92. The van der Waals surface area contributed by atoms with Crippen molar-refractivity contribution in [2.75, 3.05) is 7.05 Å². The molecule has 3 unspecified atom stereocenters. The first-order valence-corrected chi connectivity index (χ1v) is 5.55. The van der Waals surface area contributed by atoms with Crippen LogP contribution in [0.1, 0.15) is 32.1 Å². The average molecular weight is 183 g/mol. The summed E-state index contributed by atoms with van der Waals surface area (Å²) in [6.45, 7) is 0. The maximum absolute atomic E-state index is 13.8. The normalized spacial score (nSPS) is 58.6. The van der Waals surface area contributed by atoms with E-state index in [0.717, 1.165) is 18.8 Å². The molecule has 13 heavy (non-hydrogen) atoms. The molecule has 0 spiro atoms. The van der Waals surface area contributed by atoms with Crippen LogP contribution in [0.4, 0.5) is 4.39 Å². The van der Waals surface area contributed by atoms with E-state index >= 15 is 0 Å². The minimum Gasteiger partial charge on any atom is -0.314 e. The predicted octanol–water partition coefficient (Wildman–Crippen LogP) is 2.12. The van der Waals surface area contributed by atoms with Crippen LogP contribution in [0.15, 0.2) is 0 Å². The summed E-state index contributed by atoms with van der Waals surface area (Å²) in [5.74, 6) is 1.61. The summed E-state index contributed by atoms with van der Waals surface area (Å²) < 4.78 is 13.8. The van der Waals surface area contributed by atoms with Crippen LogP contribution in [0.25, 0.3) is 0 Å². The molecule has 4 fully saturated rings. The molecule has 74 valence electrons. The van der Waals surface area contributed by atoms with E-state index in [2.05, 4.69) is 12.4 Å². The van der Waals surface area contributed by atoms with E-state index in [1.54, 1.807) is 0 Å². The summed E-state index contributed by atoms with van der Waals surface area (Å²) in [7, 11) is 2.06. The number of hydrogen-bond acceptors (Lipinski definition) is 1. The number of hydrogen-bond donors (Lipinski definition) is 1. The molecule has 4 bridgehead atoms. The Kier molecular flexibility index (Phi) is 1.56. The summed E-state index contributed by atoms with van der Waals surface area (Å²) in [6.07, 6.45) is 5.36. The van der Waals surface area contributed by atoms with Crippen molar-refractivity contribution in [2.45, 2.75) is 43.8 Å². The van der Waals surface area contributed by atoms with Crippen molar-refractivity contribution in [3.63, 3.8) is 0 Å². The standard InChI is InChI=1S/C11H18FN/c1-13-11-4-7-2-8(5-11)10(12)9(3-7)6-11/h7-10,13H,2-6H2,1H3/t7?,8-,9+,10?,11?. The molecule has 1 N–H and O–H groups in total. The first-order chi connectivity index (χ1) is 6.22. The lowest BCUT2D eigenvalue weighted by atomic mass is 9.52. The zero-order chi connectivity index (χ0) is 9.05. The Hall–Kier alpha value is -0.110. The molecular weight excluding hydrogens is 165 g/mol. The van der Waals surface area contributed by atoms with Crippen LogP contribution in [0, 0.1) is 17.8 Å². The number of rotatable bonds is 1. The Morgan fingerprint density at radius 1 is 1.15 bits per heavy atom. The van der Waals surface area contributed by atoms with Gasteiger partial charge in [0.2, 0.25) is 0 Å². The molecule has 0 radical (unpaired) electrons. The molecular formula is C11H18FN. The first-order valence-electron chi connectivity index (χ1n) is 5.55. The van der Waals surface area contributed by atoms with Gasteiger partial charge in [-0.1, -0.05) is 0 Å². The maximum Gasteiger partial charge on any atom is 0.106 e. The predicted molar refractivity (Wildman–Crippen MR) is 50.2 cm³/mol. The molecule has 2 heteroatoms. The van der Waals surface area contributed by atoms with Gasteiger partial charge in [0.1, 0.15) is 6.17 Å². The lowest BCUT2D eigenvalue weighted by molar-refractivity contribution is -0.0759. The second-order valence-electron chi connectivity index (χ2n) is 5.44. The Morgan fingerprint density at radius 3 is 2.31 bits per heavy atom. The van der Waals surface area contributed by atoms with E-state index in [1.807, 2.05) is 0 Å². The van der Waals surface area contributed by atoms with Crippen molar-refractivity contribution in [3.8, 4) is 0 Å². The molecule has 1 nitrogen and oxygen atoms in total. The van der Waals surface area contributed by atoms with Crippen molar-refractivity contribution < 1.29 is 4.39 Å². The fourth-order valence-electron chi connectivity index (χ4n) is 4.27. The van der Waals surface area contributed by atoms with Crippen LogP contribution < -0.4 is 5.32 Å². The van der Waals surface area contributed by atoms with Crippen LogP contribution in [0.2, 0.25) is 0 Å². The molecule has 5 atom stereocenters. The lowest BCUT2D eigenvalue weighted by Gasteiger charge is -2.58. The Labute approximate surface area is 79.1 Å². The summed E-state index contributed by atoms with van der Waals surface area (Å²) in [4.78, 5) is 0. The molecule has 0 aromatic rings. The topological polar surface area (TPSA) is 12.0 Å². The molecule has 4 aliphatic carbocycles. The van der Waals surface area contributed by atoms with E-state index in [1.165, 1.54) is 19.3 Å². The average Bonchev–Trinajstić information content (AvgIpc) is 2.13. The van der Waals surface area contributed by atoms with Gasteiger partial charge in [0.15, 0.2) is 0 Å². The second kappa shape index (κ2) is 2.47. The van der Waals surface area contributed by atoms with Gasteiger partial charge in [0.25, 0.3) is 0 Å². The quantitative estimate of drug-likeness (QED) is 0.656. The molecule has 0 aliphatic heterocycles. The van der Waals surface area contributed by atoms with E-state index < -0.39 is 6.17 Å². The minimum absolute atomic E-state index is 0.332. The molecule has 4 aliphatic rings. The van der Waals surface area contributed by atoms with Crippen LogP contribution >= 0.6 is 0 Å². The van der Waals surface area contributed by atoms with Crippen LogP contribution in [0.5, 0.6) is 0 Å². The van der Waals surface area contributed by atoms with Gasteiger partial charge in [-0.2, -0.15) is 0 Å². The van der Waals surface area contributed by atoms with Gasteiger partial charge >= 0.3 is 0 Å². The van der Waals surface area contributed by atoms with Gasteiger partial charge in [-0.3, -0.25) is 0 Å². The fourth-order valence-corrected chi connectivity index (χ4v) is 4.27. The Bertz CT molecular complexity index is 212. The molecule has 0 saturated heterocycles. The van der Waals surface area contributed by atoms with Crippen molar-refractivity contribution in [3.05, 3.63) is 0 Å². The Morgan fingerprint density at radius 2 is 1.77 bits per heavy atom. The van der Waals surface area contributed by atoms with Gasteiger partial charge in [-0.25, -0.2) is 4.39 Å². The van der Waals surface area contributed by atoms with E-state index in [0.29, 0.717) is 17.4 Å². The van der Waals surface area contributed by atoms with Crippen molar-refractivity contribution in [2.24, 2.45) is 17.8 Å². The van der Waals surface area contributed by atoms with E-state index in [4.69, 9.17) is 0 Å². The maximum atomic E-state index is 13.8. The highest BCUT2D eigenvalue weighted by atomic mass is 19.1. The lowest BCUT2D eigenvalue weighted by Crippen LogP contribution is -2.61. The van der Waals surface area contributed by atoms with Gasteiger partial charge in [0, 0.05) is 5.54 Å². The molecule has 4 rings (SSSR count). The largest absolute Gasteiger partial charge is 0.314 e. The third-order valence-corrected chi connectivity index (χ3v) is 4.69. The highest BCUT2D eigenvalue weighted by Crippen LogP contribution is 2.56. The molecule has 0 amide bonds. The fraction of sp³-hybridized carbons (Fsp3) is 1.00.